The minimum absolute atomic E-state index is 0.0757. The lowest BCUT2D eigenvalue weighted by Gasteiger charge is -2.33. The molecular weight excluding hydrogens is 176 g/mol. The van der Waals surface area contributed by atoms with Gasteiger partial charge in [0.05, 0.1) is 6.10 Å². The summed E-state index contributed by atoms with van der Waals surface area (Å²) in [5.41, 5.74) is 1.66. The van der Waals surface area contributed by atoms with Gasteiger partial charge >= 0.3 is 0 Å². The van der Waals surface area contributed by atoms with Crippen LogP contribution in [0.25, 0.3) is 0 Å². The molecule has 3 aliphatic rings. The molecule has 0 radical (unpaired) electrons. The molecule has 1 saturated carbocycles. The highest BCUT2D eigenvalue weighted by Crippen LogP contribution is 2.48. The van der Waals surface area contributed by atoms with Crippen LogP contribution in [-0.4, -0.2) is 19.5 Å². The van der Waals surface area contributed by atoms with Crippen molar-refractivity contribution in [2.24, 2.45) is 11.8 Å². The van der Waals surface area contributed by atoms with Crippen molar-refractivity contribution in [2.45, 2.75) is 44.5 Å². The monoisotopic (exact) mass is 194 g/mol. The smallest absolute Gasteiger partial charge is 0.161 e. The van der Waals surface area contributed by atoms with Crippen molar-refractivity contribution in [2.75, 3.05) is 7.11 Å². The molecule has 1 aliphatic heterocycles. The predicted molar refractivity (Wildman–Crippen MR) is 53.8 cm³/mol. The number of allylic oxidation sites excluding steroid dienone is 1. The third-order valence-corrected chi connectivity index (χ3v) is 4.04. The minimum Gasteiger partial charge on any atom is -0.356 e. The molecule has 0 bridgehead atoms. The van der Waals surface area contributed by atoms with Gasteiger partial charge in [-0.15, -0.1) is 0 Å². The van der Waals surface area contributed by atoms with Gasteiger partial charge < -0.3 is 9.47 Å². The predicted octanol–water partition coefficient (Wildman–Crippen LogP) is 2.49. The molecule has 78 valence electrons. The van der Waals surface area contributed by atoms with E-state index < -0.39 is 0 Å². The molecule has 0 N–H and O–H groups in total. The van der Waals surface area contributed by atoms with Gasteiger partial charge in [-0.25, -0.2) is 0 Å². The minimum atomic E-state index is 0.0757. The van der Waals surface area contributed by atoms with Crippen molar-refractivity contribution in [3.63, 3.8) is 0 Å². The molecule has 2 heteroatoms. The van der Waals surface area contributed by atoms with Gasteiger partial charge in [0, 0.05) is 18.9 Å². The van der Waals surface area contributed by atoms with Crippen LogP contribution in [0.2, 0.25) is 0 Å². The fourth-order valence-corrected chi connectivity index (χ4v) is 3.48. The Hall–Kier alpha value is -0.340. The molecular formula is C12H18O2. The molecule has 1 unspecified atom stereocenters. The zero-order valence-electron chi connectivity index (χ0n) is 8.74. The van der Waals surface area contributed by atoms with Gasteiger partial charge in [0.2, 0.25) is 0 Å². The summed E-state index contributed by atoms with van der Waals surface area (Å²) in [6, 6.07) is 0. The van der Waals surface area contributed by atoms with E-state index in [0.29, 0.717) is 17.9 Å². The highest BCUT2D eigenvalue weighted by atomic mass is 16.7. The first kappa shape index (κ1) is 8.93. The zero-order valence-corrected chi connectivity index (χ0v) is 8.74. The second kappa shape index (κ2) is 3.35. The third-order valence-electron chi connectivity index (χ3n) is 4.04. The summed E-state index contributed by atoms with van der Waals surface area (Å²) in [5.74, 6) is 1.34. The second-order valence-electron chi connectivity index (χ2n) is 4.72. The Bertz CT molecular complexity index is 259. The Morgan fingerprint density at radius 1 is 1.43 bits per heavy atom. The van der Waals surface area contributed by atoms with Crippen LogP contribution in [0.5, 0.6) is 0 Å². The Morgan fingerprint density at radius 3 is 3.21 bits per heavy atom. The molecule has 2 fully saturated rings. The average molecular weight is 194 g/mol. The molecule has 1 heterocycles. The lowest BCUT2D eigenvalue weighted by Crippen LogP contribution is -2.29. The first-order valence-corrected chi connectivity index (χ1v) is 5.77. The lowest BCUT2D eigenvalue weighted by atomic mass is 9.71. The van der Waals surface area contributed by atoms with Gasteiger partial charge in [-0.1, -0.05) is 11.6 Å². The van der Waals surface area contributed by atoms with Crippen molar-refractivity contribution in [1.82, 2.24) is 0 Å². The third kappa shape index (κ3) is 1.17. The Labute approximate surface area is 85.3 Å². The fraction of sp³-hybridized carbons (Fsp3) is 0.833. The molecule has 4 atom stereocenters. The van der Waals surface area contributed by atoms with E-state index in [0.717, 1.165) is 0 Å². The van der Waals surface area contributed by atoms with Gasteiger partial charge in [0.1, 0.15) is 0 Å². The topological polar surface area (TPSA) is 18.5 Å². The average Bonchev–Trinajstić information content (AvgIpc) is 2.60. The van der Waals surface area contributed by atoms with Crippen molar-refractivity contribution < 1.29 is 9.47 Å². The second-order valence-corrected chi connectivity index (χ2v) is 4.72. The van der Waals surface area contributed by atoms with E-state index in [1.165, 1.54) is 32.1 Å². The maximum atomic E-state index is 5.97. The number of rotatable bonds is 1. The summed E-state index contributed by atoms with van der Waals surface area (Å²) >= 11 is 0. The first-order valence-electron chi connectivity index (χ1n) is 5.77. The summed E-state index contributed by atoms with van der Waals surface area (Å²) in [5, 5.41) is 0. The summed E-state index contributed by atoms with van der Waals surface area (Å²) in [4.78, 5) is 0. The standard InChI is InChI=1S/C12H18O2/c1-13-12-9-6-2-4-8-5-3-7-10(14-12)11(8)9/h4,9-12H,2-3,5-7H2,1H3/t9-,10+,11+,12?/m1/s1. The molecule has 0 aromatic rings. The summed E-state index contributed by atoms with van der Waals surface area (Å²) in [6.45, 7) is 0. The number of hydrogen-bond acceptors (Lipinski definition) is 2. The molecule has 14 heavy (non-hydrogen) atoms. The van der Waals surface area contributed by atoms with E-state index in [1.807, 2.05) is 0 Å². The molecule has 0 amide bonds. The van der Waals surface area contributed by atoms with Crippen LogP contribution < -0.4 is 0 Å². The molecule has 3 rings (SSSR count). The Morgan fingerprint density at radius 2 is 2.36 bits per heavy atom. The van der Waals surface area contributed by atoms with Crippen molar-refractivity contribution in [1.29, 1.82) is 0 Å². The summed E-state index contributed by atoms with van der Waals surface area (Å²) < 4.78 is 11.4. The van der Waals surface area contributed by atoms with Crippen LogP contribution in [0.4, 0.5) is 0 Å². The highest BCUT2D eigenvalue weighted by Gasteiger charge is 2.48. The van der Waals surface area contributed by atoms with E-state index in [9.17, 15) is 0 Å². The number of methoxy groups -OCH3 is 1. The highest BCUT2D eigenvalue weighted by molar-refractivity contribution is 5.18. The molecule has 0 aromatic carbocycles. The van der Waals surface area contributed by atoms with E-state index in [2.05, 4.69) is 6.08 Å². The summed E-state index contributed by atoms with van der Waals surface area (Å²) in [6.07, 6.45) is 9.31. The Balaban J connectivity index is 1.91. The molecule has 2 aliphatic carbocycles. The van der Waals surface area contributed by atoms with Crippen LogP contribution in [0.3, 0.4) is 0 Å². The molecule has 1 saturated heterocycles. The van der Waals surface area contributed by atoms with Gasteiger partial charge in [0.15, 0.2) is 6.29 Å². The fourth-order valence-electron chi connectivity index (χ4n) is 3.48. The van der Waals surface area contributed by atoms with E-state index in [1.54, 1.807) is 12.7 Å². The maximum absolute atomic E-state index is 5.97. The normalized spacial score (nSPS) is 45.9. The van der Waals surface area contributed by atoms with Crippen molar-refractivity contribution >= 4 is 0 Å². The van der Waals surface area contributed by atoms with E-state index in [4.69, 9.17) is 9.47 Å². The van der Waals surface area contributed by atoms with Crippen LogP contribution in [0.15, 0.2) is 11.6 Å². The van der Waals surface area contributed by atoms with E-state index in [-0.39, 0.29) is 6.29 Å². The zero-order chi connectivity index (χ0) is 9.54. The lowest BCUT2D eigenvalue weighted by molar-refractivity contribution is -0.133. The van der Waals surface area contributed by atoms with Crippen molar-refractivity contribution in [3.8, 4) is 0 Å². The van der Waals surface area contributed by atoms with Crippen LogP contribution in [-0.2, 0) is 9.47 Å². The number of ether oxygens (including phenoxy) is 2. The SMILES string of the molecule is COC1O[C@H]2CCCC3=CCC[C@@H]1[C@H]32. The van der Waals surface area contributed by atoms with Crippen LogP contribution in [0.1, 0.15) is 32.1 Å². The number of hydrogen-bond donors (Lipinski definition) is 0. The van der Waals surface area contributed by atoms with Crippen LogP contribution in [0, 0.1) is 11.8 Å². The molecule has 2 nitrogen and oxygen atoms in total. The van der Waals surface area contributed by atoms with Crippen molar-refractivity contribution in [3.05, 3.63) is 11.6 Å². The summed E-state index contributed by atoms with van der Waals surface area (Å²) in [7, 11) is 1.78. The van der Waals surface area contributed by atoms with Gasteiger partial charge in [-0.05, 0) is 32.1 Å². The van der Waals surface area contributed by atoms with Gasteiger partial charge in [0.25, 0.3) is 0 Å². The first-order chi connectivity index (χ1) is 6.90. The van der Waals surface area contributed by atoms with E-state index >= 15 is 0 Å². The Kier molecular flexibility index (Phi) is 2.14. The van der Waals surface area contributed by atoms with Gasteiger partial charge in [-0.2, -0.15) is 0 Å². The van der Waals surface area contributed by atoms with Crippen LogP contribution >= 0.6 is 0 Å². The quantitative estimate of drug-likeness (QED) is 0.597. The van der Waals surface area contributed by atoms with Gasteiger partial charge in [-0.3, -0.25) is 0 Å². The molecule has 0 spiro atoms. The largest absolute Gasteiger partial charge is 0.356 e. The maximum Gasteiger partial charge on any atom is 0.161 e. The molecule has 0 aromatic heterocycles.